The van der Waals surface area contributed by atoms with Gasteiger partial charge in [0.1, 0.15) is 5.75 Å². The molecule has 0 fully saturated rings. The van der Waals surface area contributed by atoms with Gasteiger partial charge in [0.25, 0.3) is 0 Å². The van der Waals surface area contributed by atoms with Gasteiger partial charge in [-0.1, -0.05) is 23.7 Å². The van der Waals surface area contributed by atoms with E-state index in [-0.39, 0.29) is 6.04 Å². The van der Waals surface area contributed by atoms with Gasteiger partial charge in [0, 0.05) is 56.0 Å². The van der Waals surface area contributed by atoms with Crippen LogP contribution in [0.5, 0.6) is 5.75 Å². The van der Waals surface area contributed by atoms with Crippen LogP contribution in [0, 0.1) is 0 Å². The van der Waals surface area contributed by atoms with Crippen LogP contribution in [0.15, 0.2) is 36.4 Å². The third kappa shape index (κ3) is 3.09. The maximum atomic E-state index is 6.45. The van der Waals surface area contributed by atoms with E-state index in [2.05, 4.69) is 34.1 Å². The van der Waals surface area contributed by atoms with Crippen LogP contribution in [0.1, 0.15) is 22.7 Å². The Morgan fingerprint density at radius 2 is 1.92 bits per heavy atom. The van der Waals surface area contributed by atoms with Gasteiger partial charge in [-0.2, -0.15) is 0 Å². The molecule has 0 saturated heterocycles. The lowest BCUT2D eigenvalue weighted by Gasteiger charge is -2.24. The summed E-state index contributed by atoms with van der Waals surface area (Å²) >= 11 is 6.45. The van der Waals surface area contributed by atoms with Crippen LogP contribution in [-0.2, 0) is 13.1 Å². The molecule has 0 amide bonds. The number of halogens is 1. The first-order valence-corrected chi connectivity index (χ1v) is 8.48. The predicted molar refractivity (Wildman–Crippen MR) is 99.8 cm³/mol. The molecule has 1 aliphatic rings. The van der Waals surface area contributed by atoms with Crippen molar-refractivity contribution in [1.29, 1.82) is 0 Å². The Balaban J connectivity index is 1.86. The van der Waals surface area contributed by atoms with E-state index in [0.29, 0.717) is 6.54 Å². The van der Waals surface area contributed by atoms with Gasteiger partial charge < -0.3 is 15.4 Å². The molecule has 4 nitrogen and oxygen atoms in total. The molecule has 0 aromatic heterocycles. The molecular formula is C19H24ClN3O. The smallest absolute Gasteiger partial charge is 0.123 e. The highest BCUT2D eigenvalue weighted by atomic mass is 35.5. The van der Waals surface area contributed by atoms with Crippen LogP contribution in [0.25, 0.3) is 0 Å². The minimum absolute atomic E-state index is 0.121. The summed E-state index contributed by atoms with van der Waals surface area (Å²) in [5, 5.41) is 0.770. The molecule has 5 heteroatoms. The second kappa shape index (κ2) is 7.01. The zero-order valence-corrected chi connectivity index (χ0v) is 15.2. The normalized spacial score (nSPS) is 17.0. The van der Waals surface area contributed by atoms with Crippen molar-refractivity contribution in [2.75, 3.05) is 32.6 Å². The Hall–Kier alpha value is -1.75. The topological polar surface area (TPSA) is 41.7 Å². The molecule has 2 N–H and O–H groups in total. The van der Waals surface area contributed by atoms with E-state index in [4.69, 9.17) is 22.1 Å². The zero-order chi connectivity index (χ0) is 17.3. The lowest BCUT2D eigenvalue weighted by molar-refractivity contribution is 0.210. The maximum Gasteiger partial charge on any atom is 0.123 e. The minimum atomic E-state index is 0.121. The van der Waals surface area contributed by atoms with E-state index in [1.165, 1.54) is 11.3 Å². The minimum Gasteiger partial charge on any atom is -0.496 e. The third-order valence-electron chi connectivity index (χ3n) is 4.68. The first kappa shape index (κ1) is 17.1. The Morgan fingerprint density at radius 3 is 2.50 bits per heavy atom. The Morgan fingerprint density at radius 1 is 1.21 bits per heavy atom. The number of nitrogens with zero attached hydrogens (tertiary/aromatic N) is 2. The summed E-state index contributed by atoms with van der Waals surface area (Å²) in [6.07, 6.45) is 0. The fraction of sp³-hybridized carbons (Fsp3) is 0.368. The fourth-order valence-electron chi connectivity index (χ4n) is 3.39. The van der Waals surface area contributed by atoms with E-state index >= 15 is 0 Å². The van der Waals surface area contributed by atoms with Crippen molar-refractivity contribution in [3.63, 3.8) is 0 Å². The van der Waals surface area contributed by atoms with Gasteiger partial charge in [-0.3, -0.25) is 4.90 Å². The van der Waals surface area contributed by atoms with Crippen molar-refractivity contribution in [3.8, 4) is 5.75 Å². The van der Waals surface area contributed by atoms with Crippen molar-refractivity contribution < 1.29 is 4.74 Å². The molecule has 24 heavy (non-hydrogen) atoms. The number of fused-ring (bicyclic) bond motifs is 1. The van der Waals surface area contributed by atoms with Gasteiger partial charge in [0.05, 0.1) is 7.11 Å². The highest BCUT2D eigenvalue weighted by Crippen LogP contribution is 2.43. The van der Waals surface area contributed by atoms with E-state index in [1.54, 1.807) is 7.11 Å². The summed E-state index contributed by atoms with van der Waals surface area (Å²) in [7, 11) is 5.79. The van der Waals surface area contributed by atoms with Gasteiger partial charge in [0.15, 0.2) is 0 Å². The molecule has 1 unspecified atom stereocenters. The molecule has 2 aromatic carbocycles. The van der Waals surface area contributed by atoms with E-state index in [0.717, 1.165) is 35.0 Å². The quantitative estimate of drug-likeness (QED) is 0.901. The molecular weight excluding hydrogens is 322 g/mol. The standard InChI is InChI=1S/C19H24ClN3O/c1-22(2)14-6-4-13(5-7-14)11-23-12-15-18(24-3)9-8-16(20)19(15)17(23)10-21/h4-9,17H,10-12,21H2,1-3H3. The molecule has 1 atom stereocenters. The summed E-state index contributed by atoms with van der Waals surface area (Å²) in [5.74, 6) is 0.887. The monoisotopic (exact) mass is 345 g/mol. The first-order chi connectivity index (χ1) is 11.5. The third-order valence-corrected chi connectivity index (χ3v) is 5.01. The largest absolute Gasteiger partial charge is 0.496 e. The van der Waals surface area contributed by atoms with Crippen molar-refractivity contribution >= 4 is 17.3 Å². The van der Waals surface area contributed by atoms with Crippen LogP contribution in [0.3, 0.4) is 0 Å². The molecule has 3 rings (SSSR count). The van der Waals surface area contributed by atoms with E-state index < -0.39 is 0 Å². The lowest BCUT2D eigenvalue weighted by Crippen LogP contribution is -2.27. The Kier molecular flexibility index (Phi) is 4.99. The van der Waals surface area contributed by atoms with Crippen LogP contribution in [0.2, 0.25) is 5.02 Å². The van der Waals surface area contributed by atoms with E-state index in [9.17, 15) is 0 Å². The van der Waals surface area contributed by atoms with Crippen molar-refractivity contribution in [1.82, 2.24) is 4.90 Å². The molecule has 1 aliphatic heterocycles. The SMILES string of the molecule is COc1ccc(Cl)c2c1CN(Cc1ccc(N(C)C)cc1)C2CN. The number of anilines is 1. The summed E-state index contributed by atoms with van der Waals surface area (Å²) in [6.45, 7) is 2.18. The molecule has 0 spiro atoms. The number of rotatable bonds is 5. The van der Waals surface area contributed by atoms with Gasteiger partial charge >= 0.3 is 0 Å². The molecule has 0 aliphatic carbocycles. The van der Waals surface area contributed by atoms with Crippen LogP contribution < -0.4 is 15.4 Å². The molecule has 0 saturated carbocycles. The summed E-state index contributed by atoms with van der Waals surface area (Å²) in [4.78, 5) is 4.46. The molecule has 1 heterocycles. The summed E-state index contributed by atoms with van der Waals surface area (Å²) < 4.78 is 5.51. The number of benzene rings is 2. The predicted octanol–water partition coefficient (Wildman–Crippen LogP) is 3.43. The molecule has 0 bridgehead atoms. The zero-order valence-electron chi connectivity index (χ0n) is 14.4. The number of ether oxygens (including phenoxy) is 1. The summed E-state index contributed by atoms with van der Waals surface area (Å²) in [6, 6.07) is 12.6. The van der Waals surface area contributed by atoms with Crippen LogP contribution in [0.4, 0.5) is 5.69 Å². The Labute approximate surface area is 148 Å². The number of methoxy groups -OCH3 is 1. The van der Waals surface area contributed by atoms with Gasteiger partial charge in [-0.25, -0.2) is 0 Å². The van der Waals surface area contributed by atoms with Crippen LogP contribution in [-0.4, -0.2) is 32.6 Å². The van der Waals surface area contributed by atoms with Crippen molar-refractivity contribution in [3.05, 3.63) is 58.1 Å². The van der Waals surface area contributed by atoms with Crippen molar-refractivity contribution in [2.45, 2.75) is 19.1 Å². The summed E-state index contributed by atoms with van der Waals surface area (Å²) in [5.41, 5.74) is 10.8. The fourth-order valence-corrected chi connectivity index (χ4v) is 3.70. The number of hydrogen-bond acceptors (Lipinski definition) is 4. The highest BCUT2D eigenvalue weighted by Gasteiger charge is 2.33. The van der Waals surface area contributed by atoms with E-state index in [1.807, 2.05) is 26.2 Å². The molecule has 128 valence electrons. The Bertz CT molecular complexity index is 715. The van der Waals surface area contributed by atoms with Gasteiger partial charge in [-0.15, -0.1) is 0 Å². The molecule has 0 radical (unpaired) electrons. The molecule has 2 aromatic rings. The maximum absolute atomic E-state index is 6.45. The number of hydrogen-bond donors (Lipinski definition) is 1. The highest BCUT2D eigenvalue weighted by molar-refractivity contribution is 6.31. The van der Waals surface area contributed by atoms with Gasteiger partial charge in [-0.05, 0) is 35.4 Å². The average molecular weight is 346 g/mol. The first-order valence-electron chi connectivity index (χ1n) is 8.10. The second-order valence-electron chi connectivity index (χ2n) is 6.36. The van der Waals surface area contributed by atoms with Gasteiger partial charge in [0.2, 0.25) is 0 Å². The average Bonchev–Trinajstić information content (AvgIpc) is 2.94. The number of nitrogens with two attached hydrogens (primary N) is 1. The second-order valence-corrected chi connectivity index (χ2v) is 6.77. The van der Waals surface area contributed by atoms with Crippen molar-refractivity contribution in [2.24, 2.45) is 5.73 Å². The lowest BCUT2D eigenvalue weighted by atomic mass is 10.0. The van der Waals surface area contributed by atoms with Crippen LogP contribution >= 0.6 is 11.6 Å².